The Labute approximate surface area is 257 Å². The Kier molecular flexibility index (Phi) is 9.48. The maximum atomic E-state index is 14.3. The molecule has 0 aliphatic rings. The van der Waals surface area contributed by atoms with Crippen LogP contribution in [0.4, 0.5) is 0 Å². The zero-order valence-electron chi connectivity index (χ0n) is 25.5. The van der Waals surface area contributed by atoms with Gasteiger partial charge in [-0.05, 0) is 0 Å². The van der Waals surface area contributed by atoms with Crippen molar-refractivity contribution in [3.63, 3.8) is 0 Å². The van der Waals surface area contributed by atoms with Crippen LogP contribution >= 0.6 is 7.26 Å². The number of para-hydroxylation sites is 1. The van der Waals surface area contributed by atoms with Crippen molar-refractivity contribution in [1.29, 1.82) is 0 Å². The van der Waals surface area contributed by atoms with E-state index in [2.05, 4.69) is 119 Å². The Balaban J connectivity index is 1.63. The zero-order chi connectivity index (χ0) is 30.3. The Morgan fingerprint density at radius 1 is 0.698 bits per heavy atom. The molecule has 0 heterocycles. The van der Waals surface area contributed by atoms with Gasteiger partial charge in [0.15, 0.2) is 0 Å². The molecule has 0 radical (unpaired) electrons. The van der Waals surface area contributed by atoms with Gasteiger partial charge in [-0.15, -0.1) is 0 Å². The van der Waals surface area contributed by atoms with E-state index in [4.69, 9.17) is 9.47 Å². The van der Waals surface area contributed by atoms with Crippen LogP contribution in [0, 0.1) is 0 Å². The predicted molar refractivity (Wildman–Crippen MR) is 186 cm³/mol. The summed E-state index contributed by atoms with van der Waals surface area (Å²) >= 11 is 0. The Morgan fingerprint density at radius 2 is 1.19 bits per heavy atom. The standard InChI is InChI=1S/C38H40BO3P/c1-4-38(5-2,34-27-30(41-3)25-26-35(34)39)37(40)42-36-24-16-15-17-29(36)28-43(31-18-9-6-10-19-31,32-20-11-7-12-21-32)33-22-13-8-14-23-33/h6-27,43H,4-5,28,39H2,1-3H3. The maximum absolute atomic E-state index is 14.3. The van der Waals surface area contributed by atoms with Gasteiger partial charge < -0.3 is 0 Å². The van der Waals surface area contributed by atoms with E-state index in [1.165, 1.54) is 15.9 Å². The van der Waals surface area contributed by atoms with Crippen LogP contribution < -0.4 is 30.9 Å². The Hall–Kier alpha value is -4.14. The second-order valence-electron chi connectivity index (χ2n) is 11.1. The number of rotatable bonds is 11. The molecule has 5 aromatic rings. The molecule has 0 N–H and O–H groups in total. The monoisotopic (exact) mass is 586 g/mol. The van der Waals surface area contributed by atoms with Gasteiger partial charge in [-0.25, -0.2) is 0 Å². The van der Waals surface area contributed by atoms with E-state index in [9.17, 15) is 4.79 Å². The molecule has 0 saturated carbocycles. The second-order valence-corrected chi connectivity index (χ2v) is 15.0. The van der Waals surface area contributed by atoms with Gasteiger partial charge in [-0.2, -0.15) is 0 Å². The van der Waals surface area contributed by atoms with Gasteiger partial charge in [0.1, 0.15) is 0 Å². The molecule has 0 bridgehead atoms. The number of carbonyl (C=O) groups is 1. The fourth-order valence-electron chi connectivity index (χ4n) is 6.48. The molecule has 43 heavy (non-hydrogen) atoms. The minimum absolute atomic E-state index is 0.229. The van der Waals surface area contributed by atoms with Crippen LogP contribution in [0.25, 0.3) is 0 Å². The number of hydrogen-bond donors (Lipinski definition) is 0. The van der Waals surface area contributed by atoms with Crippen LogP contribution in [0.3, 0.4) is 0 Å². The van der Waals surface area contributed by atoms with Crippen molar-refractivity contribution in [2.24, 2.45) is 0 Å². The summed E-state index contributed by atoms with van der Waals surface area (Å²) in [5.41, 5.74) is 2.25. The summed E-state index contributed by atoms with van der Waals surface area (Å²) in [5.74, 6) is 1.14. The third kappa shape index (κ3) is 5.90. The fourth-order valence-corrected chi connectivity index (χ4v) is 11.2. The average Bonchev–Trinajstić information content (AvgIpc) is 3.07. The quantitative estimate of drug-likeness (QED) is 0.0845. The average molecular weight is 587 g/mol. The van der Waals surface area contributed by atoms with Crippen molar-refractivity contribution in [2.75, 3.05) is 7.11 Å². The molecule has 5 rings (SSSR count). The molecule has 0 aliphatic carbocycles. The van der Waals surface area contributed by atoms with Crippen LogP contribution in [-0.2, 0) is 16.4 Å². The van der Waals surface area contributed by atoms with E-state index in [-0.39, 0.29) is 5.97 Å². The van der Waals surface area contributed by atoms with Crippen molar-refractivity contribution in [3.05, 3.63) is 145 Å². The van der Waals surface area contributed by atoms with Crippen LogP contribution in [0.15, 0.2) is 133 Å². The number of carbonyl (C=O) groups excluding carboxylic acids is 1. The third-order valence-electron chi connectivity index (χ3n) is 8.99. The predicted octanol–water partition coefficient (Wildman–Crippen LogP) is 5.84. The molecule has 0 spiro atoms. The molecular formula is C38H40BO3P. The molecule has 0 amide bonds. The molecule has 0 saturated heterocycles. The van der Waals surface area contributed by atoms with Crippen LogP contribution in [-0.4, -0.2) is 20.9 Å². The minimum atomic E-state index is -2.60. The van der Waals surface area contributed by atoms with Crippen molar-refractivity contribution in [1.82, 2.24) is 0 Å². The van der Waals surface area contributed by atoms with Crippen LogP contribution in [0.2, 0.25) is 0 Å². The van der Waals surface area contributed by atoms with Gasteiger partial charge in [0.05, 0.1) is 0 Å². The van der Waals surface area contributed by atoms with E-state index in [0.717, 1.165) is 28.5 Å². The normalized spacial score (nSPS) is 12.0. The first kappa shape index (κ1) is 30.3. The molecule has 0 fully saturated rings. The zero-order valence-corrected chi connectivity index (χ0v) is 26.5. The van der Waals surface area contributed by atoms with Crippen LogP contribution in [0.5, 0.6) is 11.5 Å². The van der Waals surface area contributed by atoms with Gasteiger partial charge in [-0.1, -0.05) is 0 Å². The summed E-state index contributed by atoms with van der Waals surface area (Å²) < 4.78 is 12.0. The van der Waals surface area contributed by atoms with E-state index < -0.39 is 12.7 Å². The summed E-state index contributed by atoms with van der Waals surface area (Å²) in [6.07, 6.45) is 1.99. The number of methoxy groups -OCH3 is 1. The molecule has 0 atom stereocenters. The van der Waals surface area contributed by atoms with Gasteiger partial charge >= 0.3 is 258 Å². The summed E-state index contributed by atoms with van der Waals surface area (Å²) in [4.78, 5) is 14.3. The molecule has 5 heteroatoms. The fraction of sp³-hybridized carbons (Fsp3) is 0.184. The van der Waals surface area contributed by atoms with Crippen molar-refractivity contribution < 1.29 is 14.3 Å². The first-order valence-electron chi connectivity index (χ1n) is 15.1. The first-order chi connectivity index (χ1) is 21.0. The van der Waals surface area contributed by atoms with E-state index in [1.54, 1.807) is 7.11 Å². The number of esters is 1. The molecule has 5 aromatic carbocycles. The van der Waals surface area contributed by atoms with E-state index in [1.807, 2.05) is 36.4 Å². The van der Waals surface area contributed by atoms with E-state index >= 15 is 0 Å². The van der Waals surface area contributed by atoms with Gasteiger partial charge in [0.25, 0.3) is 0 Å². The summed E-state index contributed by atoms with van der Waals surface area (Å²) in [6, 6.07) is 46.5. The van der Waals surface area contributed by atoms with Gasteiger partial charge in [-0.3, -0.25) is 0 Å². The van der Waals surface area contributed by atoms with Crippen molar-refractivity contribution in [2.45, 2.75) is 38.3 Å². The molecule has 3 nitrogen and oxygen atoms in total. The summed E-state index contributed by atoms with van der Waals surface area (Å²) in [6.45, 7) is 4.13. The molecular weight excluding hydrogens is 546 g/mol. The van der Waals surface area contributed by atoms with Crippen LogP contribution in [0.1, 0.15) is 37.8 Å². The number of ether oxygens (including phenoxy) is 2. The summed E-state index contributed by atoms with van der Waals surface area (Å²) in [5, 5.41) is 3.95. The molecule has 0 unspecified atom stereocenters. The summed E-state index contributed by atoms with van der Waals surface area (Å²) in [7, 11) is 1.11. The number of benzene rings is 5. The van der Waals surface area contributed by atoms with Gasteiger partial charge in [0.2, 0.25) is 0 Å². The SMILES string of the molecule is Bc1ccc(OC)cc1C(CC)(CC)C(=O)Oc1ccccc1C[PH](c1ccccc1)(c1ccccc1)c1ccccc1. The first-order valence-corrected chi connectivity index (χ1v) is 17.3. The third-order valence-corrected chi connectivity index (χ3v) is 13.9. The van der Waals surface area contributed by atoms with Crippen molar-refractivity contribution >= 4 is 42.5 Å². The van der Waals surface area contributed by atoms with Crippen molar-refractivity contribution in [3.8, 4) is 11.5 Å². The molecule has 0 aromatic heterocycles. The Morgan fingerprint density at radius 3 is 1.67 bits per heavy atom. The number of hydrogen-bond acceptors (Lipinski definition) is 3. The van der Waals surface area contributed by atoms with E-state index in [0.29, 0.717) is 18.6 Å². The topological polar surface area (TPSA) is 35.5 Å². The molecule has 218 valence electrons. The molecule has 0 aliphatic heterocycles. The Bertz CT molecular complexity index is 1550. The van der Waals surface area contributed by atoms with Gasteiger partial charge in [0, 0.05) is 0 Å². The second kappa shape index (κ2) is 13.4.